The van der Waals surface area contributed by atoms with Crippen molar-refractivity contribution in [3.05, 3.63) is 24.5 Å². The molecule has 25 heavy (non-hydrogen) atoms. The van der Waals surface area contributed by atoms with E-state index in [0.29, 0.717) is 38.0 Å². The summed E-state index contributed by atoms with van der Waals surface area (Å²) in [5.74, 6) is -0.810. The number of rotatable bonds is 3. The number of hydrogen-bond acceptors (Lipinski definition) is 3. The molecule has 8 heteroatoms. The first-order valence-corrected chi connectivity index (χ1v) is 8.47. The zero-order valence-electron chi connectivity index (χ0n) is 14.2. The topological polar surface area (TPSA) is 58.4 Å². The van der Waals surface area contributed by atoms with E-state index in [2.05, 4.69) is 11.7 Å². The molecule has 3 heterocycles. The Kier molecular flexibility index (Phi) is 4.87. The van der Waals surface area contributed by atoms with Crippen molar-refractivity contribution in [2.24, 2.45) is 13.0 Å². The van der Waals surface area contributed by atoms with Gasteiger partial charge in [0.05, 0.1) is 23.6 Å². The molecule has 6 nitrogen and oxygen atoms in total. The van der Waals surface area contributed by atoms with Gasteiger partial charge in [0.15, 0.2) is 0 Å². The van der Waals surface area contributed by atoms with Crippen molar-refractivity contribution in [2.45, 2.75) is 38.2 Å². The van der Waals surface area contributed by atoms with E-state index in [9.17, 15) is 18.4 Å². The molecule has 1 saturated heterocycles. The van der Waals surface area contributed by atoms with Crippen molar-refractivity contribution >= 4 is 17.5 Å². The van der Waals surface area contributed by atoms with E-state index in [1.54, 1.807) is 16.6 Å². The number of nitrogens with zero attached hydrogens (tertiary/aromatic N) is 4. The lowest BCUT2D eigenvalue weighted by molar-refractivity contribution is -0.131. The summed E-state index contributed by atoms with van der Waals surface area (Å²) in [4.78, 5) is 27.6. The van der Waals surface area contributed by atoms with Crippen LogP contribution in [-0.4, -0.2) is 52.1 Å². The van der Waals surface area contributed by atoms with Crippen LogP contribution in [0.1, 0.15) is 25.0 Å². The van der Waals surface area contributed by atoms with Crippen LogP contribution in [0.4, 0.5) is 14.5 Å². The highest BCUT2D eigenvalue weighted by molar-refractivity contribution is 5.97. The summed E-state index contributed by atoms with van der Waals surface area (Å²) in [6.07, 6.45) is 1.81. The van der Waals surface area contributed by atoms with Gasteiger partial charge in [-0.15, -0.1) is 0 Å². The lowest BCUT2D eigenvalue weighted by Crippen LogP contribution is -2.52. The molecule has 0 spiro atoms. The average Bonchev–Trinajstić information content (AvgIpc) is 3.01. The Morgan fingerprint density at radius 3 is 2.60 bits per heavy atom. The Morgan fingerprint density at radius 1 is 1.32 bits per heavy atom. The number of carbonyl (C=O) groups is 2. The third-order valence-corrected chi connectivity index (χ3v) is 5.17. The first kappa shape index (κ1) is 17.6. The summed E-state index contributed by atoms with van der Waals surface area (Å²) in [7, 11) is 1.75. The summed E-state index contributed by atoms with van der Waals surface area (Å²) in [5, 5.41) is 4.13. The van der Waals surface area contributed by atoms with E-state index in [-0.39, 0.29) is 24.2 Å². The number of alkyl halides is 2. The predicted octanol–water partition coefficient (Wildman–Crippen LogP) is 1.76. The van der Waals surface area contributed by atoms with E-state index < -0.39 is 12.5 Å². The van der Waals surface area contributed by atoms with Gasteiger partial charge in [0.2, 0.25) is 11.8 Å². The molecular weight excluding hydrogens is 330 g/mol. The van der Waals surface area contributed by atoms with Gasteiger partial charge in [-0.3, -0.25) is 14.3 Å². The Labute approximate surface area is 145 Å². The molecule has 2 aliphatic heterocycles. The molecule has 0 saturated carbocycles. The highest BCUT2D eigenvalue weighted by atomic mass is 19.3. The monoisotopic (exact) mass is 352 g/mol. The molecule has 2 aliphatic rings. The van der Waals surface area contributed by atoms with Gasteiger partial charge in [-0.1, -0.05) is 6.58 Å². The third kappa shape index (κ3) is 3.17. The lowest BCUT2D eigenvalue weighted by atomic mass is 9.92. The minimum Gasteiger partial charge on any atom is -0.339 e. The second kappa shape index (κ2) is 6.93. The number of aromatic nitrogens is 2. The molecule has 1 aromatic heterocycles. The zero-order chi connectivity index (χ0) is 18.1. The van der Waals surface area contributed by atoms with Gasteiger partial charge in [-0.25, -0.2) is 8.78 Å². The van der Waals surface area contributed by atoms with E-state index >= 15 is 0 Å². The minimum absolute atomic E-state index is 0.163. The number of likely N-dealkylation sites (tertiary alicyclic amines) is 1. The Balaban J connectivity index is 1.80. The minimum atomic E-state index is -2.60. The molecular formula is C17H22F2N4O2. The molecule has 1 fully saturated rings. The highest BCUT2D eigenvalue weighted by Crippen LogP contribution is 2.35. The van der Waals surface area contributed by atoms with Gasteiger partial charge < -0.3 is 9.80 Å². The normalized spacial score (nSPS) is 21.4. The number of carbonyl (C=O) groups excluding carboxylic acids is 2. The maximum Gasteiger partial charge on any atom is 0.259 e. The molecule has 1 unspecified atom stereocenters. The fourth-order valence-corrected chi connectivity index (χ4v) is 3.73. The number of aryl methyl sites for hydroxylation is 1. The van der Waals surface area contributed by atoms with Crippen LogP contribution in [0.15, 0.2) is 18.9 Å². The molecule has 0 N–H and O–H groups in total. The second-order valence-electron chi connectivity index (χ2n) is 6.55. The van der Waals surface area contributed by atoms with Crippen molar-refractivity contribution in [3.63, 3.8) is 0 Å². The van der Waals surface area contributed by atoms with Crippen LogP contribution in [0.5, 0.6) is 0 Å². The Morgan fingerprint density at radius 2 is 2.00 bits per heavy atom. The maximum absolute atomic E-state index is 13.5. The number of halogens is 2. The Bertz CT molecular complexity index is 680. The summed E-state index contributed by atoms with van der Waals surface area (Å²) in [6.45, 7) is 4.34. The SMILES string of the molecule is C=CC(=O)N1CCC(C(=O)N2c3cnn(C)c3CCC2C(F)F)CC1. The third-order valence-electron chi connectivity index (χ3n) is 5.17. The molecule has 3 rings (SSSR count). The first-order chi connectivity index (χ1) is 11.9. The van der Waals surface area contributed by atoms with E-state index in [1.807, 2.05) is 0 Å². The van der Waals surface area contributed by atoms with Crippen LogP contribution in [0, 0.1) is 5.92 Å². The Hall–Kier alpha value is -2.25. The predicted molar refractivity (Wildman–Crippen MR) is 88.3 cm³/mol. The van der Waals surface area contributed by atoms with Crippen molar-refractivity contribution in [1.82, 2.24) is 14.7 Å². The van der Waals surface area contributed by atoms with Gasteiger partial charge in [-0.2, -0.15) is 5.10 Å². The lowest BCUT2D eigenvalue weighted by Gasteiger charge is -2.39. The standard InChI is InChI=1S/C17H22F2N4O2/c1-3-15(24)22-8-6-11(7-9-22)17(25)23-13(16(18)19)5-4-12-14(23)10-20-21(12)2/h3,10-11,13,16H,1,4-9H2,2H3. The van der Waals surface area contributed by atoms with E-state index in [1.165, 1.54) is 17.2 Å². The maximum atomic E-state index is 13.5. The van der Waals surface area contributed by atoms with Crippen LogP contribution in [0.2, 0.25) is 0 Å². The van der Waals surface area contributed by atoms with Crippen LogP contribution >= 0.6 is 0 Å². The van der Waals surface area contributed by atoms with E-state index in [0.717, 1.165) is 5.69 Å². The van der Waals surface area contributed by atoms with Crippen LogP contribution in [0.25, 0.3) is 0 Å². The largest absolute Gasteiger partial charge is 0.339 e. The fourth-order valence-electron chi connectivity index (χ4n) is 3.73. The molecule has 1 atom stereocenters. The smallest absolute Gasteiger partial charge is 0.259 e. The average molecular weight is 352 g/mol. The zero-order valence-corrected chi connectivity index (χ0v) is 14.2. The summed E-state index contributed by atoms with van der Waals surface area (Å²) >= 11 is 0. The molecule has 136 valence electrons. The number of piperidine rings is 1. The molecule has 0 bridgehead atoms. The molecule has 0 radical (unpaired) electrons. The molecule has 2 amide bonds. The summed E-state index contributed by atoms with van der Waals surface area (Å²) in [6, 6.07) is -1.11. The highest BCUT2D eigenvalue weighted by Gasteiger charge is 2.41. The van der Waals surface area contributed by atoms with Gasteiger partial charge in [0.25, 0.3) is 6.43 Å². The fraction of sp³-hybridized carbons (Fsp3) is 0.588. The van der Waals surface area contributed by atoms with Crippen molar-refractivity contribution in [1.29, 1.82) is 0 Å². The van der Waals surface area contributed by atoms with Gasteiger partial charge in [0, 0.05) is 26.1 Å². The van der Waals surface area contributed by atoms with Gasteiger partial charge in [-0.05, 0) is 31.8 Å². The van der Waals surface area contributed by atoms with Crippen molar-refractivity contribution in [3.8, 4) is 0 Å². The number of amides is 2. The van der Waals surface area contributed by atoms with E-state index in [4.69, 9.17) is 0 Å². The van der Waals surface area contributed by atoms with Crippen molar-refractivity contribution in [2.75, 3.05) is 18.0 Å². The molecule has 0 aliphatic carbocycles. The number of anilines is 1. The first-order valence-electron chi connectivity index (χ1n) is 8.47. The van der Waals surface area contributed by atoms with Crippen LogP contribution < -0.4 is 4.90 Å². The van der Waals surface area contributed by atoms with Gasteiger partial charge in [0.1, 0.15) is 0 Å². The summed E-state index contributed by atoms with van der Waals surface area (Å²) < 4.78 is 28.7. The number of hydrogen-bond donors (Lipinski definition) is 0. The van der Waals surface area contributed by atoms with Crippen LogP contribution in [-0.2, 0) is 23.1 Å². The van der Waals surface area contributed by atoms with Gasteiger partial charge >= 0.3 is 0 Å². The number of fused-ring (bicyclic) bond motifs is 1. The molecule has 0 aromatic carbocycles. The second-order valence-corrected chi connectivity index (χ2v) is 6.55. The van der Waals surface area contributed by atoms with Crippen LogP contribution in [0.3, 0.4) is 0 Å². The summed E-state index contributed by atoms with van der Waals surface area (Å²) in [5.41, 5.74) is 1.30. The quantitative estimate of drug-likeness (QED) is 0.779. The molecule has 1 aromatic rings. The van der Waals surface area contributed by atoms with Crippen molar-refractivity contribution < 1.29 is 18.4 Å².